The summed E-state index contributed by atoms with van der Waals surface area (Å²) < 4.78 is 45.3. The molecule has 0 radical (unpaired) electrons. The van der Waals surface area contributed by atoms with E-state index in [1.165, 1.54) is 40.3 Å². The Morgan fingerprint density at radius 2 is 1.46 bits per heavy atom. The van der Waals surface area contributed by atoms with Gasteiger partial charge in [0.2, 0.25) is 17.7 Å². The molecule has 3 heterocycles. The van der Waals surface area contributed by atoms with Gasteiger partial charge in [-0.2, -0.15) is 0 Å². The van der Waals surface area contributed by atoms with E-state index < -0.39 is 71.5 Å². The van der Waals surface area contributed by atoms with Crippen LogP contribution in [0.2, 0.25) is 0 Å². The number of ether oxygens (including phenoxy) is 8. The molecule has 7 atom stereocenters. The van der Waals surface area contributed by atoms with Crippen molar-refractivity contribution in [2.75, 3.05) is 109 Å². The molecular weight excluding hydrogens is 1250 g/mol. The molecule has 4 aromatic rings. The number of anilines is 1. The Labute approximate surface area is 540 Å². The Balaban J connectivity index is 0.906. The summed E-state index contributed by atoms with van der Waals surface area (Å²) in [5.41, 5.74) is 9.44. The van der Waals surface area contributed by atoms with E-state index in [2.05, 4.69) is 36.0 Å². The molecule has 90 heavy (non-hydrogen) atoms. The maximum atomic E-state index is 14.3. The lowest BCUT2D eigenvalue weighted by atomic mass is 9.78. The lowest BCUT2D eigenvalue weighted by Crippen LogP contribution is -2.64. The van der Waals surface area contributed by atoms with Crippen molar-refractivity contribution in [1.29, 1.82) is 0 Å². The minimum absolute atomic E-state index is 0.00935. The van der Waals surface area contributed by atoms with Gasteiger partial charge < -0.3 is 84.8 Å². The number of fused-ring (bicyclic) bond motifs is 5. The molecule has 492 valence electrons. The number of nitrogens with zero attached hydrogens (tertiary/aromatic N) is 5. The van der Waals surface area contributed by atoms with Crippen LogP contribution < -0.4 is 26.6 Å². The third kappa shape index (κ3) is 22.8. The molecule has 1 fully saturated rings. The molecule has 26 nitrogen and oxygen atoms in total. The van der Waals surface area contributed by atoms with E-state index in [1.807, 2.05) is 85.8 Å². The second kappa shape index (κ2) is 37.9. The number of carbonyl (C=O) groups excluding carboxylic acids is 6. The number of carbonyl (C=O) groups is 6. The maximum Gasteiger partial charge on any atom is 0.407 e. The second-order valence-electron chi connectivity index (χ2n) is 21.1. The SMILES string of the molecule is C/N=C/C(C)(CCC(=O)OCCOCCOCCOCCn1nnc2c1-c1ccccc1N(C(=O)CCNC(=O)OCCSSCCOC(N)=O)Cc1ccccc1-2)CC(C)(SC(=S)c1ccccc1)C(=O)NCCOC1OC(CO)C(O)C(O)C1NC(C)=O. The Bertz CT molecular complexity index is 3010. The summed E-state index contributed by atoms with van der Waals surface area (Å²) in [6, 6.07) is 23.4. The average molecular weight is 1330 g/mol. The highest BCUT2D eigenvalue weighted by Gasteiger charge is 2.46. The largest absolute Gasteiger partial charge is 0.463 e. The standard InChI is InChI=1S/C60H81N9O17S4/c1-40(71)65-50-53(75)52(74)46(37-70)86-54(50)83-24-22-63-56(76)60(3,90-55(87)41-12-6-5-7-13-41)38-59(2,39-62-4)20-18-48(73)82-31-30-81-29-28-80-27-26-79-25-23-69-51-44-16-10-11-17-45(44)68(36-42-14-8-9-15-43(42)49(51)66-67-69)47(72)19-21-64-58(78)85-33-35-89-88-34-32-84-57(61)77/h5-17,39,46,50,52-54,70,74-75H,18-38H2,1-4H3,(H2,61,77)(H,63,76)(H,64,78)(H,65,71)/b62-39+. The van der Waals surface area contributed by atoms with Gasteiger partial charge in [0.1, 0.15) is 49.9 Å². The summed E-state index contributed by atoms with van der Waals surface area (Å²) >= 11 is 7.05. The number of aliphatic hydroxyl groups excluding tert-OH is 3. The number of benzene rings is 3. The monoisotopic (exact) mass is 1330 g/mol. The third-order valence-corrected chi connectivity index (χ3v) is 18.1. The van der Waals surface area contributed by atoms with Crippen LogP contribution in [0.1, 0.15) is 57.6 Å². The molecule has 1 aromatic heterocycles. The van der Waals surface area contributed by atoms with Crippen molar-refractivity contribution < 1.29 is 82.0 Å². The Morgan fingerprint density at radius 1 is 0.800 bits per heavy atom. The van der Waals surface area contributed by atoms with Gasteiger partial charge in [0, 0.05) is 74.2 Å². The number of hydrogen-bond acceptors (Lipinski definition) is 24. The summed E-state index contributed by atoms with van der Waals surface area (Å²) in [5.74, 6) is -0.494. The molecule has 0 saturated carbocycles. The number of nitrogens with two attached hydrogens (primary N) is 1. The first-order valence-corrected chi connectivity index (χ1v) is 33.0. The van der Waals surface area contributed by atoms with Gasteiger partial charge in [-0.05, 0) is 37.0 Å². The zero-order chi connectivity index (χ0) is 64.9. The third-order valence-electron chi connectivity index (χ3n) is 14.1. The molecular formula is C60H81N9O17S4. The number of thiocarbonyl (C=S) groups is 1. The number of amides is 5. The zero-order valence-corrected chi connectivity index (χ0v) is 54.1. The smallest absolute Gasteiger partial charge is 0.407 e. The number of aliphatic hydroxyl groups is 3. The molecule has 2 aliphatic rings. The molecule has 7 unspecified atom stereocenters. The van der Waals surface area contributed by atoms with E-state index in [-0.39, 0.29) is 123 Å². The molecule has 30 heteroatoms. The number of nitrogens with one attached hydrogen (secondary N) is 3. The quantitative estimate of drug-likeness (QED) is 0.00818. The van der Waals surface area contributed by atoms with Crippen LogP contribution in [-0.2, 0) is 70.2 Å². The van der Waals surface area contributed by atoms with Crippen LogP contribution in [0, 0.1) is 5.41 Å². The number of thioether (sulfide) groups is 1. The molecule has 2 aliphatic heterocycles. The highest BCUT2D eigenvalue weighted by Crippen LogP contribution is 2.43. The molecule has 3 aromatic carbocycles. The molecule has 6 rings (SSSR count). The molecule has 0 aliphatic carbocycles. The van der Waals surface area contributed by atoms with Crippen LogP contribution in [0.15, 0.2) is 83.9 Å². The van der Waals surface area contributed by atoms with E-state index in [0.29, 0.717) is 33.6 Å². The van der Waals surface area contributed by atoms with Crippen molar-refractivity contribution in [3.63, 3.8) is 0 Å². The van der Waals surface area contributed by atoms with Gasteiger partial charge in [0.15, 0.2) is 6.29 Å². The van der Waals surface area contributed by atoms with Crippen LogP contribution in [0.5, 0.6) is 0 Å². The number of aliphatic imine (C=N–C) groups is 1. The summed E-state index contributed by atoms with van der Waals surface area (Å²) in [6.45, 7) is 6.67. The normalized spacial score (nSPS) is 18.3. The number of hydrogen-bond donors (Lipinski definition) is 7. The van der Waals surface area contributed by atoms with Gasteiger partial charge in [0.25, 0.3) is 0 Å². The van der Waals surface area contributed by atoms with Crippen molar-refractivity contribution in [2.45, 2.75) is 94.9 Å². The topological polar surface area (TPSA) is 345 Å². The molecule has 0 spiro atoms. The summed E-state index contributed by atoms with van der Waals surface area (Å²) in [7, 11) is 4.53. The van der Waals surface area contributed by atoms with Gasteiger partial charge >= 0.3 is 18.2 Å². The highest BCUT2D eigenvalue weighted by atomic mass is 33.1. The summed E-state index contributed by atoms with van der Waals surface area (Å²) in [6.07, 6.45) is -4.63. The Kier molecular flexibility index (Phi) is 30.6. The number of alkyl carbamates (subject to hydrolysis) is 1. The molecule has 0 bridgehead atoms. The second-order valence-corrected chi connectivity index (χ2v) is 26.0. The minimum Gasteiger partial charge on any atom is -0.463 e. The minimum atomic E-state index is -1.50. The number of para-hydroxylation sites is 1. The maximum absolute atomic E-state index is 14.3. The lowest BCUT2D eigenvalue weighted by molar-refractivity contribution is -0.269. The molecule has 1 saturated heterocycles. The lowest BCUT2D eigenvalue weighted by Gasteiger charge is -2.42. The van der Waals surface area contributed by atoms with Gasteiger partial charge in [-0.1, -0.05) is 131 Å². The van der Waals surface area contributed by atoms with E-state index in [1.54, 1.807) is 29.8 Å². The van der Waals surface area contributed by atoms with E-state index in [9.17, 15) is 44.1 Å². The first kappa shape index (κ1) is 72.8. The van der Waals surface area contributed by atoms with E-state index in [0.717, 1.165) is 27.9 Å². The van der Waals surface area contributed by atoms with E-state index >= 15 is 0 Å². The fraction of sp³-hybridized carbons (Fsp3) is 0.533. The Morgan fingerprint density at radius 3 is 2.14 bits per heavy atom. The zero-order valence-electron chi connectivity index (χ0n) is 50.8. The Hall–Kier alpha value is -6.29. The van der Waals surface area contributed by atoms with E-state index in [4.69, 9.17) is 51.1 Å². The summed E-state index contributed by atoms with van der Waals surface area (Å²) in [5, 5.41) is 48.0. The van der Waals surface area contributed by atoms with Crippen LogP contribution in [0.3, 0.4) is 0 Å². The number of aromatic nitrogens is 3. The van der Waals surface area contributed by atoms with Crippen molar-refractivity contribution >= 4 is 97.5 Å². The predicted molar refractivity (Wildman–Crippen MR) is 345 cm³/mol. The van der Waals surface area contributed by atoms with Gasteiger partial charge in [-0.3, -0.25) is 19.2 Å². The number of esters is 1. The fourth-order valence-electron chi connectivity index (χ4n) is 9.90. The van der Waals surface area contributed by atoms with Crippen LogP contribution in [0.25, 0.3) is 22.5 Å². The van der Waals surface area contributed by atoms with Crippen LogP contribution in [0.4, 0.5) is 15.3 Å². The van der Waals surface area contributed by atoms with Crippen LogP contribution >= 0.6 is 45.6 Å². The number of primary amides is 1. The van der Waals surface area contributed by atoms with Crippen molar-refractivity contribution in [2.24, 2.45) is 16.1 Å². The fourth-order valence-corrected chi connectivity index (χ4v) is 13.5. The van der Waals surface area contributed by atoms with Crippen LogP contribution in [-0.4, -0.2) is 216 Å². The predicted octanol–water partition coefficient (Wildman–Crippen LogP) is 4.47. The van der Waals surface area contributed by atoms with Gasteiger partial charge in [-0.25, -0.2) is 14.3 Å². The molecule has 5 amide bonds. The first-order valence-electron chi connectivity index (χ1n) is 29.3. The number of rotatable bonds is 37. The van der Waals surface area contributed by atoms with Gasteiger partial charge in [0.05, 0.1) is 86.3 Å². The van der Waals surface area contributed by atoms with Crippen molar-refractivity contribution in [1.82, 2.24) is 30.9 Å². The average Bonchev–Trinajstić information content (AvgIpc) is 1.51. The van der Waals surface area contributed by atoms with Crippen molar-refractivity contribution in [3.8, 4) is 22.5 Å². The first-order chi connectivity index (χ1) is 43.4. The van der Waals surface area contributed by atoms with Crippen molar-refractivity contribution in [3.05, 3.63) is 90.0 Å². The summed E-state index contributed by atoms with van der Waals surface area (Å²) in [4.78, 5) is 82.4. The highest BCUT2D eigenvalue weighted by molar-refractivity contribution is 8.76. The molecule has 8 N–H and O–H groups in total. The van der Waals surface area contributed by atoms with Gasteiger partial charge in [-0.15, -0.1) is 5.10 Å².